The third-order valence-corrected chi connectivity index (χ3v) is 4.57. The van der Waals surface area contributed by atoms with Crippen LogP contribution >= 0.6 is 31.9 Å². The quantitative estimate of drug-likeness (QED) is 0.608. The average molecular weight is 372 g/mol. The van der Waals surface area contributed by atoms with Crippen molar-refractivity contribution < 1.29 is 4.39 Å². The molecule has 0 aliphatic carbocycles. The smallest absolute Gasteiger partial charge is 0.124 e. The molecule has 18 heavy (non-hydrogen) atoms. The molecule has 0 heterocycles. The Morgan fingerprint density at radius 3 is 2.44 bits per heavy atom. The van der Waals surface area contributed by atoms with Crippen LogP contribution in [0.3, 0.4) is 0 Å². The van der Waals surface area contributed by atoms with E-state index in [9.17, 15) is 4.39 Å². The Labute approximate surface area is 123 Å². The van der Waals surface area contributed by atoms with Crippen molar-refractivity contribution in [3.05, 3.63) is 69.9 Å². The normalized spacial score (nSPS) is 12.4. The zero-order valence-corrected chi connectivity index (χ0v) is 12.9. The lowest BCUT2D eigenvalue weighted by Crippen LogP contribution is -1.94. The van der Waals surface area contributed by atoms with Gasteiger partial charge >= 0.3 is 0 Å². The Morgan fingerprint density at radius 1 is 1.06 bits per heavy atom. The van der Waals surface area contributed by atoms with Gasteiger partial charge in [-0.2, -0.15) is 0 Å². The number of alkyl halides is 1. The molecule has 0 amide bonds. The molecule has 2 aromatic carbocycles. The van der Waals surface area contributed by atoms with Crippen molar-refractivity contribution in [2.75, 3.05) is 0 Å². The van der Waals surface area contributed by atoms with Crippen molar-refractivity contribution in [3.63, 3.8) is 0 Å². The largest absolute Gasteiger partial charge is 0.207 e. The van der Waals surface area contributed by atoms with Crippen LogP contribution in [0.4, 0.5) is 4.39 Å². The molecule has 1 unspecified atom stereocenters. The first-order chi connectivity index (χ1) is 8.66. The summed E-state index contributed by atoms with van der Waals surface area (Å²) in [5.74, 6) is -0.205. The summed E-state index contributed by atoms with van der Waals surface area (Å²) in [6, 6.07) is 15.2. The number of hydrogen-bond donors (Lipinski definition) is 0. The van der Waals surface area contributed by atoms with Gasteiger partial charge in [-0.1, -0.05) is 68.3 Å². The first-order valence-electron chi connectivity index (χ1n) is 5.80. The van der Waals surface area contributed by atoms with Gasteiger partial charge in [-0.05, 0) is 36.1 Å². The van der Waals surface area contributed by atoms with Crippen molar-refractivity contribution in [3.8, 4) is 0 Å². The predicted molar refractivity (Wildman–Crippen MR) is 80.5 cm³/mol. The second-order valence-corrected chi connectivity index (χ2v) is 6.11. The number of benzene rings is 2. The zero-order valence-electron chi connectivity index (χ0n) is 9.74. The van der Waals surface area contributed by atoms with E-state index in [0.29, 0.717) is 4.83 Å². The second-order valence-electron chi connectivity index (χ2n) is 4.15. The summed E-state index contributed by atoms with van der Waals surface area (Å²) in [6.45, 7) is 0. The van der Waals surface area contributed by atoms with E-state index < -0.39 is 0 Å². The molecule has 0 spiro atoms. The number of halogens is 3. The van der Waals surface area contributed by atoms with Gasteiger partial charge in [0.15, 0.2) is 0 Å². The fraction of sp³-hybridized carbons (Fsp3) is 0.200. The summed E-state index contributed by atoms with van der Waals surface area (Å²) in [4.78, 5) is 0.329. The SMILES string of the molecule is Fc1ccc(CCC(Br)c2ccccc2)c(Br)c1. The molecule has 0 bridgehead atoms. The van der Waals surface area contributed by atoms with Gasteiger partial charge in [0.25, 0.3) is 0 Å². The van der Waals surface area contributed by atoms with Gasteiger partial charge in [-0.25, -0.2) is 4.39 Å². The first kappa shape index (κ1) is 13.8. The van der Waals surface area contributed by atoms with E-state index in [0.717, 1.165) is 22.9 Å². The summed E-state index contributed by atoms with van der Waals surface area (Å²) < 4.78 is 13.8. The summed E-state index contributed by atoms with van der Waals surface area (Å²) in [5.41, 5.74) is 2.41. The molecular weight excluding hydrogens is 359 g/mol. The van der Waals surface area contributed by atoms with Crippen LogP contribution < -0.4 is 0 Å². The van der Waals surface area contributed by atoms with Gasteiger partial charge in [-0.3, -0.25) is 0 Å². The van der Waals surface area contributed by atoms with Gasteiger partial charge in [-0.15, -0.1) is 0 Å². The molecular formula is C15H13Br2F. The molecule has 0 aromatic heterocycles. The summed E-state index contributed by atoms with van der Waals surface area (Å²) in [6.07, 6.45) is 1.89. The van der Waals surface area contributed by atoms with Crippen LogP contribution in [0, 0.1) is 5.82 Å². The van der Waals surface area contributed by atoms with Gasteiger partial charge < -0.3 is 0 Å². The third kappa shape index (κ3) is 3.66. The van der Waals surface area contributed by atoms with E-state index in [4.69, 9.17) is 0 Å². The Morgan fingerprint density at radius 2 is 1.78 bits per heavy atom. The molecule has 1 atom stereocenters. The Kier molecular flexibility index (Phi) is 4.95. The number of aryl methyl sites for hydroxylation is 1. The molecule has 0 fully saturated rings. The highest BCUT2D eigenvalue weighted by atomic mass is 79.9. The molecule has 2 aromatic rings. The van der Waals surface area contributed by atoms with E-state index in [1.54, 1.807) is 0 Å². The maximum atomic E-state index is 13.0. The predicted octanol–water partition coefficient (Wildman–Crippen LogP) is 5.66. The van der Waals surface area contributed by atoms with E-state index >= 15 is 0 Å². The van der Waals surface area contributed by atoms with E-state index in [-0.39, 0.29) is 5.82 Å². The summed E-state index contributed by atoms with van der Waals surface area (Å²) in [7, 11) is 0. The van der Waals surface area contributed by atoms with Crippen LogP contribution in [0.5, 0.6) is 0 Å². The minimum atomic E-state index is -0.205. The molecule has 0 aliphatic heterocycles. The zero-order chi connectivity index (χ0) is 13.0. The average Bonchev–Trinajstić information content (AvgIpc) is 2.38. The van der Waals surface area contributed by atoms with Crippen LogP contribution in [0.2, 0.25) is 0 Å². The maximum Gasteiger partial charge on any atom is 0.124 e. The van der Waals surface area contributed by atoms with E-state index in [1.165, 1.54) is 17.7 Å². The van der Waals surface area contributed by atoms with Crippen LogP contribution in [0.25, 0.3) is 0 Å². The van der Waals surface area contributed by atoms with Crippen molar-refractivity contribution in [1.29, 1.82) is 0 Å². The van der Waals surface area contributed by atoms with Gasteiger partial charge in [0.1, 0.15) is 5.82 Å². The molecule has 0 N–H and O–H groups in total. The Balaban J connectivity index is 1.99. The fourth-order valence-corrected chi connectivity index (χ4v) is 2.92. The molecule has 0 saturated heterocycles. The molecule has 0 nitrogen and oxygen atoms in total. The van der Waals surface area contributed by atoms with Gasteiger partial charge in [0, 0.05) is 9.30 Å². The number of hydrogen-bond acceptors (Lipinski definition) is 0. The highest BCUT2D eigenvalue weighted by Crippen LogP contribution is 2.29. The van der Waals surface area contributed by atoms with E-state index in [1.807, 2.05) is 24.3 Å². The first-order valence-corrected chi connectivity index (χ1v) is 7.50. The second kappa shape index (κ2) is 6.48. The highest BCUT2D eigenvalue weighted by Gasteiger charge is 2.08. The minimum Gasteiger partial charge on any atom is -0.207 e. The van der Waals surface area contributed by atoms with Gasteiger partial charge in [0.05, 0.1) is 0 Å². The minimum absolute atomic E-state index is 0.205. The molecule has 0 aliphatic rings. The van der Waals surface area contributed by atoms with Crippen LogP contribution in [-0.2, 0) is 6.42 Å². The van der Waals surface area contributed by atoms with Crippen molar-refractivity contribution in [2.24, 2.45) is 0 Å². The third-order valence-electron chi connectivity index (χ3n) is 2.84. The molecule has 3 heteroatoms. The molecule has 94 valence electrons. The lowest BCUT2D eigenvalue weighted by atomic mass is 10.0. The standard InChI is InChI=1S/C15H13Br2F/c16-14(11-4-2-1-3-5-11)9-7-12-6-8-13(18)10-15(12)17/h1-6,8,10,14H,7,9H2. The fourth-order valence-electron chi connectivity index (χ4n) is 1.84. The van der Waals surface area contributed by atoms with Crippen LogP contribution in [0.15, 0.2) is 53.0 Å². The monoisotopic (exact) mass is 370 g/mol. The summed E-state index contributed by atoms with van der Waals surface area (Å²) >= 11 is 7.09. The van der Waals surface area contributed by atoms with Crippen LogP contribution in [-0.4, -0.2) is 0 Å². The van der Waals surface area contributed by atoms with Crippen LogP contribution in [0.1, 0.15) is 22.4 Å². The Bertz CT molecular complexity index is 511. The van der Waals surface area contributed by atoms with E-state index in [2.05, 4.69) is 44.0 Å². The van der Waals surface area contributed by atoms with Gasteiger partial charge in [0.2, 0.25) is 0 Å². The number of rotatable bonds is 4. The molecule has 0 saturated carbocycles. The Hall–Kier alpha value is -0.670. The maximum absolute atomic E-state index is 13.0. The van der Waals surface area contributed by atoms with Crippen molar-refractivity contribution in [2.45, 2.75) is 17.7 Å². The van der Waals surface area contributed by atoms with Crippen molar-refractivity contribution in [1.82, 2.24) is 0 Å². The topological polar surface area (TPSA) is 0 Å². The lowest BCUT2D eigenvalue weighted by molar-refractivity contribution is 0.625. The highest BCUT2D eigenvalue weighted by molar-refractivity contribution is 9.10. The summed E-state index contributed by atoms with van der Waals surface area (Å²) in [5, 5.41) is 0. The molecule has 2 rings (SSSR count). The van der Waals surface area contributed by atoms with Crippen molar-refractivity contribution >= 4 is 31.9 Å². The molecule has 0 radical (unpaired) electrons. The lowest BCUT2D eigenvalue weighted by Gasteiger charge is -2.11.